The van der Waals surface area contributed by atoms with Gasteiger partial charge in [-0.3, -0.25) is 10.1 Å². The Bertz CT molecular complexity index is 895. The van der Waals surface area contributed by atoms with Gasteiger partial charge in [0.05, 0.1) is 0 Å². The number of hydrogen-bond donors (Lipinski definition) is 1. The van der Waals surface area contributed by atoms with E-state index in [4.69, 9.17) is 16.0 Å². The molecule has 0 fully saturated rings. The van der Waals surface area contributed by atoms with E-state index in [1.54, 1.807) is 42.1 Å². The van der Waals surface area contributed by atoms with E-state index in [-0.39, 0.29) is 11.9 Å². The molecule has 0 spiro atoms. The molecule has 1 amide bonds. The highest BCUT2D eigenvalue weighted by atomic mass is 35.5. The molecule has 5 nitrogen and oxygen atoms in total. The number of carbonyl (C=O) groups excluding carboxylic acids is 1. The first-order valence-electron chi connectivity index (χ1n) is 7.69. The molecule has 0 aliphatic rings. The maximum Gasteiger partial charge on any atom is 0.322 e. The predicted octanol–water partition coefficient (Wildman–Crippen LogP) is 5.14. The zero-order chi connectivity index (χ0) is 17.8. The number of halogens is 1. The molecule has 0 bridgehead atoms. The van der Waals surface area contributed by atoms with Crippen LogP contribution in [-0.4, -0.2) is 21.4 Å². The van der Waals surface area contributed by atoms with Gasteiger partial charge < -0.3 is 4.42 Å². The molecule has 3 rings (SSSR count). The van der Waals surface area contributed by atoms with Crippen molar-refractivity contribution in [3.05, 3.63) is 59.1 Å². The summed E-state index contributed by atoms with van der Waals surface area (Å²) in [6.07, 6.45) is 0. The van der Waals surface area contributed by atoms with Crippen LogP contribution in [0.25, 0.3) is 11.5 Å². The molecule has 2 aromatic carbocycles. The topological polar surface area (TPSA) is 68.0 Å². The Hall–Kier alpha value is -2.31. The van der Waals surface area contributed by atoms with Crippen molar-refractivity contribution in [1.29, 1.82) is 0 Å². The third kappa shape index (κ3) is 4.61. The first-order chi connectivity index (χ1) is 12.0. The standard InChI is InChI=1S/C18H16ClN3O2S/c1-11(2)25-15-8-4-5-12(10-15)16(23)20-18-22-21-17(24-18)13-6-3-7-14(19)9-13/h3-11H,1-2H3,(H,20,22,23). The third-order valence-electron chi connectivity index (χ3n) is 3.19. The zero-order valence-corrected chi connectivity index (χ0v) is 15.3. The molecular formula is C18H16ClN3O2S. The van der Waals surface area contributed by atoms with Crippen molar-refractivity contribution < 1.29 is 9.21 Å². The normalized spacial score (nSPS) is 10.9. The predicted molar refractivity (Wildman–Crippen MR) is 100 cm³/mol. The van der Waals surface area contributed by atoms with Crippen LogP contribution < -0.4 is 5.32 Å². The lowest BCUT2D eigenvalue weighted by atomic mass is 10.2. The summed E-state index contributed by atoms with van der Waals surface area (Å²) < 4.78 is 5.49. The van der Waals surface area contributed by atoms with Gasteiger partial charge in [0.15, 0.2) is 0 Å². The fraction of sp³-hybridized carbons (Fsp3) is 0.167. The summed E-state index contributed by atoms with van der Waals surface area (Å²) in [7, 11) is 0. The van der Waals surface area contributed by atoms with Crippen LogP contribution in [-0.2, 0) is 0 Å². The molecule has 25 heavy (non-hydrogen) atoms. The van der Waals surface area contributed by atoms with Gasteiger partial charge in [-0.05, 0) is 36.4 Å². The van der Waals surface area contributed by atoms with E-state index in [1.807, 2.05) is 18.2 Å². The average Bonchev–Trinajstić information content (AvgIpc) is 3.03. The molecule has 0 atom stereocenters. The maximum atomic E-state index is 12.4. The molecule has 7 heteroatoms. The first-order valence-corrected chi connectivity index (χ1v) is 8.94. The van der Waals surface area contributed by atoms with Crippen molar-refractivity contribution in [3.63, 3.8) is 0 Å². The fourth-order valence-electron chi connectivity index (χ4n) is 2.16. The smallest absolute Gasteiger partial charge is 0.322 e. The van der Waals surface area contributed by atoms with E-state index in [0.29, 0.717) is 27.3 Å². The first kappa shape index (κ1) is 17.5. The SMILES string of the molecule is CC(C)Sc1cccc(C(=O)Nc2nnc(-c3cccc(Cl)c3)o2)c1. The molecule has 1 aromatic heterocycles. The Morgan fingerprint density at radius 3 is 2.72 bits per heavy atom. The van der Waals surface area contributed by atoms with Crippen LogP contribution >= 0.6 is 23.4 Å². The van der Waals surface area contributed by atoms with Gasteiger partial charge >= 0.3 is 6.01 Å². The number of nitrogens with one attached hydrogen (secondary N) is 1. The Morgan fingerprint density at radius 2 is 1.96 bits per heavy atom. The van der Waals surface area contributed by atoms with Gasteiger partial charge in [-0.15, -0.1) is 16.9 Å². The van der Waals surface area contributed by atoms with Gasteiger partial charge in [-0.2, -0.15) is 0 Å². The minimum atomic E-state index is -0.299. The molecule has 3 aromatic rings. The van der Waals surface area contributed by atoms with E-state index in [0.717, 1.165) is 4.90 Å². The quantitative estimate of drug-likeness (QED) is 0.627. The molecule has 0 unspecified atom stereocenters. The van der Waals surface area contributed by atoms with Crippen molar-refractivity contribution in [3.8, 4) is 11.5 Å². The summed E-state index contributed by atoms with van der Waals surface area (Å²) in [6.45, 7) is 4.21. The van der Waals surface area contributed by atoms with Crippen molar-refractivity contribution in [2.45, 2.75) is 24.0 Å². The molecule has 128 valence electrons. The molecule has 0 aliphatic heterocycles. The molecule has 0 saturated heterocycles. The van der Waals surface area contributed by atoms with Gasteiger partial charge in [0.1, 0.15) is 0 Å². The van der Waals surface area contributed by atoms with Gasteiger partial charge in [-0.1, -0.05) is 42.7 Å². The van der Waals surface area contributed by atoms with Crippen LogP contribution in [0.3, 0.4) is 0 Å². The summed E-state index contributed by atoms with van der Waals surface area (Å²) in [5.74, 6) is -0.00517. The second-order valence-corrected chi connectivity index (χ2v) is 7.66. The van der Waals surface area contributed by atoms with Crippen molar-refractivity contribution in [2.75, 3.05) is 5.32 Å². The minimum Gasteiger partial charge on any atom is -0.403 e. The van der Waals surface area contributed by atoms with Crippen LogP contribution in [0.4, 0.5) is 6.01 Å². The molecule has 0 saturated carbocycles. The van der Waals surface area contributed by atoms with Crippen LogP contribution in [0.2, 0.25) is 5.02 Å². The monoisotopic (exact) mass is 373 g/mol. The van der Waals surface area contributed by atoms with Crippen molar-refractivity contribution in [2.24, 2.45) is 0 Å². The number of nitrogens with zero attached hydrogens (tertiary/aromatic N) is 2. The summed E-state index contributed by atoms with van der Waals surface area (Å²) in [6, 6.07) is 14.5. The van der Waals surface area contributed by atoms with Crippen molar-refractivity contribution in [1.82, 2.24) is 10.2 Å². The lowest BCUT2D eigenvalue weighted by Crippen LogP contribution is -2.12. The number of amides is 1. The van der Waals surface area contributed by atoms with E-state index < -0.39 is 0 Å². The van der Waals surface area contributed by atoms with Crippen molar-refractivity contribution >= 4 is 35.3 Å². The summed E-state index contributed by atoms with van der Waals surface area (Å²) >= 11 is 7.65. The van der Waals surface area contributed by atoms with Crippen LogP contribution in [0, 0.1) is 0 Å². The van der Waals surface area contributed by atoms with E-state index in [1.165, 1.54) is 0 Å². The Morgan fingerprint density at radius 1 is 1.16 bits per heavy atom. The van der Waals surface area contributed by atoms with E-state index in [9.17, 15) is 4.79 Å². The third-order valence-corrected chi connectivity index (χ3v) is 4.42. The number of aromatic nitrogens is 2. The molecular weight excluding hydrogens is 358 g/mol. The molecule has 1 heterocycles. The Balaban J connectivity index is 1.74. The highest BCUT2D eigenvalue weighted by Crippen LogP contribution is 2.25. The minimum absolute atomic E-state index is 0.0434. The second-order valence-electron chi connectivity index (χ2n) is 5.57. The van der Waals surface area contributed by atoms with Gasteiger partial charge in [-0.25, -0.2) is 0 Å². The maximum absolute atomic E-state index is 12.4. The Labute approximate surface area is 154 Å². The average molecular weight is 374 g/mol. The largest absolute Gasteiger partial charge is 0.403 e. The molecule has 0 aliphatic carbocycles. The highest BCUT2D eigenvalue weighted by Gasteiger charge is 2.13. The number of benzene rings is 2. The summed E-state index contributed by atoms with van der Waals surface area (Å²) in [5, 5.41) is 11.4. The van der Waals surface area contributed by atoms with Crippen LogP contribution in [0.5, 0.6) is 0 Å². The summed E-state index contributed by atoms with van der Waals surface area (Å²) in [4.78, 5) is 13.4. The lowest BCUT2D eigenvalue weighted by molar-refractivity contribution is 0.102. The highest BCUT2D eigenvalue weighted by molar-refractivity contribution is 7.99. The van der Waals surface area contributed by atoms with Gasteiger partial charge in [0.2, 0.25) is 5.89 Å². The molecule has 1 N–H and O–H groups in total. The zero-order valence-electron chi connectivity index (χ0n) is 13.7. The van der Waals surface area contributed by atoms with Gasteiger partial charge in [0.25, 0.3) is 5.91 Å². The number of rotatable bonds is 5. The number of hydrogen-bond acceptors (Lipinski definition) is 5. The second kappa shape index (κ2) is 7.72. The number of anilines is 1. The van der Waals surface area contributed by atoms with Gasteiger partial charge in [0, 0.05) is 26.3 Å². The number of thioether (sulfide) groups is 1. The summed E-state index contributed by atoms with van der Waals surface area (Å²) in [5.41, 5.74) is 1.23. The Kier molecular flexibility index (Phi) is 5.40. The molecule has 0 radical (unpaired) electrons. The number of carbonyl (C=O) groups is 1. The van der Waals surface area contributed by atoms with E-state index >= 15 is 0 Å². The fourth-order valence-corrected chi connectivity index (χ4v) is 3.25. The van der Waals surface area contributed by atoms with Crippen LogP contribution in [0.1, 0.15) is 24.2 Å². The lowest BCUT2D eigenvalue weighted by Gasteiger charge is -2.06. The van der Waals surface area contributed by atoms with Crippen LogP contribution in [0.15, 0.2) is 57.8 Å². The van der Waals surface area contributed by atoms with E-state index in [2.05, 4.69) is 29.4 Å².